The van der Waals surface area contributed by atoms with Crippen LogP contribution in [0.3, 0.4) is 0 Å². The van der Waals surface area contributed by atoms with E-state index in [9.17, 15) is 0 Å². The third-order valence-electron chi connectivity index (χ3n) is 0. The molecular formula is H5LiMgOZr. The first-order valence-corrected chi connectivity index (χ1v) is 0. The molecule has 0 aliphatic rings. The molecule has 0 saturated heterocycles. The van der Waals surface area contributed by atoms with E-state index in [0.717, 1.165) is 0 Å². The molecule has 0 radical (unpaired) electrons. The molecule has 4 heavy (non-hydrogen) atoms. The van der Waals surface area contributed by atoms with E-state index in [-0.39, 0.29) is 77.9 Å². The van der Waals surface area contributed by atoms with Crippen molar-refractivity contribution in [3.8, 4) is 0 Å². The Bertz CT molecular complexity index is 14.9. The smallest absolute Gasteiger partial charge is 1.00 e. The quantitative estimate of drug-likeness (QED) is 0.311. The maximum absolute atomic E-state index is 0. The first-order valence-electron chi connectivity index (χ1n) is 0. The summed E-state index contributed by atoms with van der Waals surface area (Å²) in [6, 6.07) is 0. The van der Waals surface area contributed by atoms with E-state index in [0.29, 0.717) is 0 Å². The summed E-state index contributed by atoms with van der Waals surface area (Å²) in [5.41, 5.74) is 0. The molecule has 0 rings (SSSR count). The van der Waals surface area contributed by atoms with Crippen LogP contribution in [0.15, 0.2) is 0 Å². The van der Waals surface area contributed by atoms with Gasteiger partial charge in [0.1, 0.15) is 0 Å². The molecule has 0 atom stereocenters. The first kappa shape index (κ1) is 34.6. The van der Waals surface area contributed by atoms with Crippen LogP contribution in [0.5, 0.6) is 0 Å². The van der Waals surface area contributed by atoms with Crippen molar-refractivity contribution < 1.29 is 54.8 Å². The topological polar surface area (TPSA) is 31.5 Å². The van der Waals surface area contributed by atoms with Gasteiger partial charge < -0.3 is 9.76 Å². The van der Waals surface area contributed by atoms with Gasteiger partial charge in [0.05, 0.1) is 0 Å². The molecule has 2 N–H and O–H groups in total. The van der Waals surface area contributed by atoms with Gasteiger partial charge in [-0.05, 0) is 0 Å². The second-order valence-electron chi connectivity index (χ2n) is 0. The maximum Gasteiger partial charge on any atom is 2.00 e. The van der Waals surface area contributed by atoms with Crippen LogP contribution < -0.4 is 18.9 Å². The number of hydrogen-bond donors (Lipinski definition) is 0. The summed E-state index contributed by atoms with van der Waals surface area (Å²) in [4.78, 5) is 0. The van der Waals surface area contributed by atoms with E-state index in [2.05, 4.69) is 0 Å². The third kappa shape index (κ3) is 8.88. The average molecular weight is 144 g/mol. The normalized spacial score (nSPS) is 0. The Morgan fingerprint density at radius 2 is 1.25 bits per heavy atom. The molecule has 18 valence electrons. The van der Waals surface area contributed by atoms with Gasteiger partial charge in [0, 0.05) is 26.2 Å². The summed E-state index contributed by atoms with van der Waals surface area (Å²) in [6.45, 7) is 0. The summed E-state index contributed by atoms with van der Waals surface area (Å²) >= 11 is 0. The molecule has 0 fully saturated rings. The second-order valence-corrected chi connectivity index (χ2v) is 0. The van der Waals surface area contributed by atoms with E-state index < -0.39 is 0 Å². The fraction of sp³-hybridized carbons (Fsp3) is 0. The van der Waals surface area contributed by atoms with Gasteiger partial charge in [-0.2, -0.15) is 0 Å². The molecular weight excluding hydrogens is 138 g/mol. The van der Waals surface area contributed by atoms with Gasteiger partial charge >= 0.3 is 41.9 Å². The number of rotatable bonds is 0. The van der Waals surface area contributed by atoms with Gasteiger partial charge in [-0.3, -0.25) is 0 Å². The van der Waals surface area contributed by atoms with Crippen LogP contribution in [-0.2, 0) is 26.2 Å². The van der Waals surface area contributed by atoms with Crippen LogP contribution in [0.25, 0.3) is 0 Å². The molecule has 0 amide bonds. The van der Waals surface area contributed by atoms with Gasteiger partial charge in [0.15, 0.2) is 0 Å². The fourth-order valence-corrected chi connectivity index (χ4v) is 0. The van der Waals surface area contributed by atoms with E-state index in [1.807, 2.05) is 0 Å². The van der Waals surface area contributed by atoms with Crippen LogP contribution in [0.2, 0.25) is 0 Å². The van der Waals surface area contributed by atoms with Crippen molar-refractivity contribution in [2.75, 3.05) is 0 Å². The van der Waals surface area contributed by atoms with E-state index in [1.165, 1.54) is 0 Å². The van der Waals surface area contributed by atoms with Crippen molar-refractivity contribution in [2.24, 2.45) is 0 Å². The van der Waals surface area contributed by atoms with E-state index in [1.54, 1.807) is 0 Å². The van der Waals surface area contributed by atoms with E-state index >= 15 is 0 Å². The molecule has 0 saturated carbocycles. The van der Waals surface area contributed by atoms with Gasteiger partial charge in [0.25, 0.3) is 0 Å². The van der Waals surface area contributed by atoms with Gasteiger partial charge in [-0.15, -0.1) is 0 Å². The predicted molar refractivity (Wildman–Crippen MR) is 12.7 cm³/mol. The predicted octanol–water partition coefficient (Wildman–Crippen LogP) is -3.87. The monoisotopic (exact) mass is 142 g/mol. The van der Waals surface area contributed by atoms with Gasteiger partial charge in [0.2, 0.25) is 0 Å². The van der Waals surface area contributed by atoms with Crippen LogP contribution in [0.4, 0.5) is 0 Å². The van der Waals surface area contributed by atoms with Crippen LogP contribution >= 0.6 is 0 Å². The largest absolute Gasteiger partial charge is 2.00 e. The zero-order valence-corrected chi connectivity index (χ0v) is 6.58. The Balaban J connectivity index is 0. The Labute approximate surface area is 77.1 Å². The van der Waals surface area contributed by atoms with Gasteiger partial charge in [-0.1, -0.05) is 0 Å². The summed E-state index contributed by atoms with van der Waals surface area (Å²) in [7, 11) is 0. The molecule has 0 aromatic carbocycles. The number of hydrogen-bond acceptors (Lipinski definition) is 0. The Hall–Kier alpha value is 2.21. The fourth-order valence-electron chi connectivity index (χ4n) is 0. The zero-order valence-electron chi connectivity index (χ0n) is 5.71. The SMILES string of the molecule is O.[H-].[H-].[H-].[Li+].[Mg+2].[Zr]. The van der Waals surface area contributed by atoms with E-state index in [4.69, 9.17) is 0 Å². The molecule has 0 aliphatic carbocycles. The van der Waals surface area contributed by atoms with Crippen molar-refractivity contribution >= 4 is 23.1 Å². The Morgan fingerprint density at radius 3 is 1.25 bits per heavy atom. The molecule has 0 spiro atoms. The molecule has 0 aliphatic heterocycles. The molecule has 1 nitrogen and oxygen atoms in total. The van der Waals surface area contributed by atoms with Crippen LogP contribution in [0.1, 0.15) is 4.28 Å². The van der Waals surface area contributed by atoms with Gasteiger partial charge in [-0.25, -0.2) is 0 Å². The molecule has 4 heteroatoms. The third-order valence-corrected chi connectivity index (χ3v) is 0. The first-order chi connectivity index (χ1) is 0. The summed E-state index contributed by atoms with van der Waals surface area (Å²) in [5.74, 6) is 0. The minimum atomic E-state index is 0. The maximum atomic E-state index is 0. The van der Waals surface area contributed by atoms with Crippen molar-refractivity contribution in [2.45, 2.75) is 0 Å². The average Bonchev–Trinajstić information content (AvgIpc) is 0. The molecule has 0 aromatic rings. The van der Waals surface area contributed by atoms with Crippen molar-refractivity contribution in [3.05, 3.63) is 0 Å². The second kappa shape index (κ2) is 18.9. The standard InChI is InChI=1S/Li.Mg.H2O.Zr.3H/h;;1H2;;;;/q+1;+2;;;3*-1. The Kier molecular flexibility index (Phi) is 163. The van der Waals surface area contributed by atoms with Crippen molar-refractivity contribution in [3.63, 3.8) is 0 Å². The summed E-state index contributed by atoms with van der Waals surface area (Å²) < 4.78 is 0. The summed E-state index contributed by atoms with van der Waals surface area (Å²) in [6.07, 6.45) is 0. The molecule has 0 heterocycles. The minimum absolute atomic E-state index is 0. The van der Waals surface area contributed by atoms with Crippen LogP contribution in [-0.4, -0.2) is 28.5 Å². The summed E-state index contributed by atoms with van der Waals surface area (Å²) in [5, 5.41) is 0. The molecule has 0 unspecified atom stereocenters. The zero-order chi connectivity index (χ0) is 0. The van der Waals surface area contributed by atoms with Crippen LogP contribution in [0, 0.1) is 0 Å². The minimum Gasteiger partial charge on any atom is -1.00 e. The molecule has 0 bridgehead atoms. The van der Waals surface area contributed by atoms with Crippen molar-refractivity contribution in [1.29, 1.82) is 0 Å². The Morgan fingerprint density at radius 1 is 1.25 bits per heavy atom. The van der Waals surface area contributed by atoms with Crippen molar-refractivity contribution in [1.82, 2.24) is 0 Å². The molecule has 0 aromatic heterocycles.